The quantitative estimate of drug-likeness (QED) is 0.787. The fourth-order valence-corrected chi connectivity index (χ4v) is 2.04. The molecular formula is C9H7BrN2OS. The molecule has 2 aromatic heterocycles. The average Bonchev–Trinajstić information content (AvgIpc) is 2.66. The normalized spacial score (nSPS) is 10.1. The van der Waals surface area contributed by atoms with Gasteiger partial charge in [-0.3, -0.25) is 0 Å². The van der Waals surface area contributed by atoms with Crippen LogP contribution in [0.25, 0.3) is 10.6 Å². The molecule has 14 heavy (non-hydrogen) atoms. The Bertz CT molecular complexity index is 444. The number of aromatic nitrogens is 2. The molecule has 2 aromatic rings. The number of pyridine rings is 1. The van der Waals surface area contributed by atoms with Gasteiger partial charge in [0.25, 0.3) is 0 Å². The zero-order valence-electron chi connectivity index (χ0n) is 7.40. The van der Waals surface area contributed by atoms with E-state index in [0.717, 1.165) is 15.2 Å². The van der Waals surface area contributed by atoms with Gasteiger partial charge < -0.3 is 4.74 Å². The molecule has 3 nitrogen and oxygen atoms in total. The molecule has 0 atom stereocenters. The van der Waals surface area contributed by atoms with Crippen LogP contribution in [0.5, 0.6) is 5.88 Å². The van der Waals surface area contributed by atoms with Gasteiger partial charge in [-0.1, -0.05) is 6.07 Å². The highest BCUT2D eigenvalue weighted by molar-refractivity contribution is 9.10. The molecule has 2 rings (SSSR count). The van der Waals surface area contributed by atoms with Gasteiger partial charge in [-0.05, 0) is 39.6 Å². The minimum Gasteiger partial charge on any atom is -0.480 e. The number of hydrogen-bond acceptors (Lipinski definition) is 4. The summed E-state index contributed by atoms with van der Waals surface area (Å²) in [5, 5.41) is 0. The number of ether oxygens (including phenoxy) is 1. The molecule has 0 saturated carbocycles. The first kappa shape index (κ1) is 9.61. The molecule has 0 radical (unpaired) electrons. The molecule has 0 aromatic carbocycles. The van der Waals surface area contributed by atoms with E-state index in [1.807, 2.05) is 24.3 Å². The number of methoxy groups -OCH3 is 1. The van der Waals surface area contributed by atoms with E-state index in [1.165, 1.54) is 11.5 Å². The second kappa shape index (κ2) is 4.06. The maximum absolute atomic E-state index is 5.01. The Kier molecular flexibility index (Phi) is 2.79. The first-order valence-electron chi connectivity index (χ1n) is 3.93. The zero-order valence-corrected chi connectivity index (χ0v) is 9.80. The van der Waals surface area contributed by atoms with E-state index < -0.39 is 0 Å². The Labute approximate surface area is 94.1 Å². The summed E-state index contributed by atoms with van der Waals surface area (Å²) in [4.78, 5) is 5.33. The van der Waals surface area contributed by atoms with Gasteiger partial charge in [0, 0.05) is 6.07 Å². The largest absolute Gasteiger partial charge is 0.480 e. The molecule has 0 saturated heterocycles. The van der Waals surface area contributed by atoms with Crippen LogP contribution in [0.4, 0.5) is 0 Å². The Morgan fingerprint density at radius 3 is 2.93 bits per heavy atom. The van der Waals surface area contributed by atoms with Crippen LogP contribution in [0.15, 0.2) is 28.9 Å². The molecule has 72 valence electrons. The fraction of sp³-hybridized carbons (Fsp3) is 0.111. The van der Waals surface area contributed by atoms with Crippen LogP contribution in [0.3, 0.4) is 0 Å². The van der Waals surface area contributed by atoms with Gasteiger partial charge in [0.1, 0.15) is 4.60 Å². The van der Waals surface area contributed by atoms with Crippen LogP contribution in [-0.2, 0) is 0 Å². The summed E-state index contributed by atoms with van der Waals surface area (Å²) in [6.07, 6.45) is 0. The van der Waals surface area contributed by atoms with Crippen LogP contribution >= 0.6 is 27.5 Å². The van der Waals surface area contributed by atoms with Crippen molar-refractivity contribution in [2.24, 2.45) is 0 Å². The summed E-state index contributed by atoms with van der Waals surface area (Å²) >= 11 is 4.70. The van der Waals surface area contributed by atoms with Crippen molar-refractivity contribution in [2.75, 3.05) is 7.11 Å². The highest BCUT2D eigenvalue weighted by Crippen LogP contribution is 2.26. The van der Waals surface area contributed by atoms with Crippen molar-refractivity contribution in [1.29, 1.82) is 0 Å². The third-order valence-corrected chi connectivity index (χ3v) is 2.90. The van der Waals surface area contributed by atoms with Crippen LogP contribution in [0.2, 0.25) is 0 Å². The van der Waals surface area contributed by atoms with Crippen LogP contribution in [-0.4, -0.2) is 16.5 Å². The van der Waals surface area contributed by atoms with E-state index in [2.05, 4.69) is 25.3 Å². The lowest BCUT2D eigenvalue weighted by Gasteiger charge is -1.95. The van der Waals surface area contributed by atoms with Gasteiger partial charge in [0.2, 0.25) is 5.88 Å². The molecule has 0 spiro atoms. The number of halogens is 1. The number of hydrogen-bond donors (Lipinski definition) is 0. The standard InChI is InChI=1S/C9H7BrN2OS/c1-13-9-5-7(14-12-9)6-3-2-4-8(10)11-6/h2-5H,1H3. The SMILES string of the molecule is COc1cc(-c2cccc(Br)n2)sn1. The van der Waals surface area contributed by atoms with Crippen molar-refractivity contribution < 1.29 is 4.74 Å². The lowest BCUT2D eigenvalue weighted by Crippen LogP contribution is -1.80. The molecule has 5 heteroatoms. The summed E-state index contributed by atoms with van der Waals surface area (Å²) in [5.41, 5.74) is 0.903. The Balaban J connectivity index is 2.39. The van der Waals surface area contributed by atoms with E-state index >= 15 is 0 Å². The lowest BCUT2D eigenvalue weighted by molar-refractivity contribution is 0.403. The maximum Gasteiger partial charge on any atom is 0.225 e. The van der Waals surface area contributed by atoms with Crippen molar-refractivity contribution >= 4 is 27.5 Å². The van der Waals surface area contributed by atoms with E-state index in [4.69, 9.17) is 4.74 Å². The second-order valence-electron chi connectivity index (χ2n) is 2.58. The van der Waals surface area contributed by atoms with Crippen molar-refractivity contribution in [3.63, 3.8) is 0 Å². The molecule has 0 N–H and O–H groups in total. The second-order valence-corrected chi connectivity index (χ2v) is 4.20. The van der Waals surface area contributed by atoms with Gasteiger partial charge in [0.15, 0.2) is 0 Å². The summed E-state index contributed by atoms with van der Waals surface area (Å²) in [7, 11) is 1.60. The molecule has 0 unspecified atom stereocenters. The first-order valence-corrected chi connectivity index (χ1v) is 5.50. The van der Waals surface area contributed by atoms with Gasteiger partial charge in [-0.25, -0.2) is 4.98 Å². The molecule has 0 fully saturated rings. The number of nitrogens with zero attached hydrogens (tertiary/aromatic N) is 2. The summed E-state index contributed by atoms with van der Waals surface area (Å²) in [6, 6.07) is 7.65. The van der Waals surface area contributed by atoms with Gasteiger partial charge in [0.05, 0.1) is 17.7 Å². The predicted octanol–water partition coefficient (Wildman–Crippen LogP) is 2.98. The first-order chi connectivity index (χ1) is 6.79. The van der Waals surface area contributed by atoms with Crippen molar-refractivity contribution in [3.05, 3.63) is 28.9 Å². The third kappa shape index (κ3) is 1.93. The average molecular weight is 271 g/mol. The molecular weight excluding hydrogens is 264 g/mol. The molecule has 0 bridgehead atoms. The third-order valence-electron chi connectivity index (χ3n) is 1.67. The molecule has 0 aliphatic carbocycles. The molecule has 0 aliphatic heterocycles. The van der Waals surface area contributed by atoms with Gasteiger partial charge in [-0.15, -0.1) is 0 Å². The summed E-state index contributed by atoms with van der Waals surface area (Å²) in [6.45, 7) is 0. The maximum atomic E-state index is 5.01. The van der Waals surface area contributed by atoms with Crippen LogP contribution in [0, 0.1) is 0 Å². The van der Waals surface area contributed by atoms with Crippen molar-refractivity contribution in [1.82, 2.24) is 9.36 Å². The summed E-state index contributed by atoms with van der Waals surface area (Å²) < 4.78 is 9.93. The minimum atomic E-state index is 0.631. The minimum absolute atomic E-state index is 0.631. The van der Waals surface area contributed by atoms with Gasteiger partial charge in [-0.2, -0.15) is 4.37 Å². The fourth-order valence-electron chi connectivity index (χ4n) is 1.02. The Morgan fingerprint density at radius 1 is 1.43 bits per heavy atom. The van der Waals surface area contributed by atoms with Crippen LogP contribution in [0.1, 0.15) is 0 Å². The molecule has 2 heterocycles. The van der Waals surface area contributed by atoms with Crippen LogP contribution < -0.4 is 4.74 Å². The predicted molar refractivity (Wildman–Crippen MR) is 59.6 cm³/mol. The highest BCUT2D eigenvalue weighted by atomic mass is 79.9. The van der Waals surface area contributed by atoms with E-state index in [-0.39, 0.29) is 0 Å². The molecule has 0 aliphatic rings. The lowest BCUT2D eigenvalue weighted by atomic mass is 10.3. The van der Waals surface area contributed by atoms with Gasteiger partial charge >= 0.3 is 0 Å². The van der Waals surface area contributed by atoms with Crippen molar-refractivity contribution in [2.45, 2.75) is 0 Å². The zero-order chi connectivity index (χ0) is 9.97. The molecule has 0 amide bonds. The summed E-state index contributed by atoms with van der Waals surface area (Å²) in [5.74, 6) is 0.631. The van der Waals surface area contributed by atoms with E-state index in [9.17, 15) is 0 Å². The van der Waals surface area contributed by atoms with E-state index in [1.54, 1.807) is 7.11 Å². The Hall–Kier alpha value is -0.940. The monoisotopic (exact) mass is 270 g/mol. The highest BCUT2D eigenvalue weighted by Gasteiger charge is 2.05. The smallest absolute Gasteiger partial charge is 0.225 e. The number of rotatable bonds is 2. The van der Waals surface area contributed by atoms with Crippen molar-refractivity contribution in [3.8, 4) is 16.5 Å². The Morgan fingerprint density at radius 2 is 2.29 bits per heavy atom. The topological polar surface area (TPSA) is 35.0 Å². The van der Waals surface area contributed by atoms with E-state index in [0.29, 0.717) is 5.88 Å².